The highest BCUT2D eigenvalue weighted by atomic mass is 16.2. The molecule has 0 fully saturated rings. The fourth-order valence-electron chi connectivity index (χ4n) is 3.91. The Morgan fingerprint density at radius 2 is 1.72 bits per heavy atom. The number of pyridine rings is 2. The van der Waals surface area contributed by atoms with Gasteiger partial charge in [-0.2, -0.15) is 0 Å². The zero-order chi connectivity index (χ0) is 22.8. The standard InChI is InChI=1S/C24H23N5O3/c1-15-10-16(2)21(17(3)11-15)27-20(30)14-28-19-7-5-9-26-22(19)23(31)29(24(28)32)13-18-6-4-8-25-12-18/h4-12H,13-14H2,1-3H3,(H,27,30). The van der Waals surface area contributed by atoms with Gasteiger partial charge in [0.05, 0.1) is 12.1 Å². The van der Waals surface area contributed by atoms with Gasteiger partial charge in [0.2, 0.25) is 5.91 Å². The number of nitrogens with one attached hydrogen (secondary N) is 1. The van der Waals surface area contributed by atoms with Crippen molar-refractivity contribution >= 4 is 22.6 Å². The van der Waals surface area contributed by atoms with Crippen LogP contribution in [-0.2, 0) is 17.9 Å². The van der Waals surface area contributed by atoms with Gasteiger partial charge in [0, 0.05) is 24.3 Å². The molecule has 0 saturated carbocycles. The Balaban J connectivity index is 1.76. The smallest absolute Gasteiger partial charge is 0.324 e. The van der Waals surface area contributed by atoms with Gasteiger partial charge in [-0.05, 0) is 55.7 Å². The Morgan fingerprint density at radius 1 is 1.00 bits per heavy atom. The van der Waals surface area contributed by atoms with Gasteiger partial charge in [0.25, 0.3) is 5.56 Å². The first-order chi connectivity index (χ1) is 15.3. The number of benzene rings is 1. The van der Waals surface area contributed by atoms with Crippen molar-refractivity contribution in [2.75, 3.05) is 5.32 Å². The molecule has 1 amide bonds. The largest absolute Gasteiger partial charge is 0.332 e. The quantitative estimate of drug-likeness (QED) is 0.526. The van der Waals surface area contributed by atoms with Crippen molar-refractivity contribution in [3.05, 3.63) is 98.1 Å². The van der Waals surface area contributed by atoms with Gasteiger partial charge in [-0.3, -0.25) is 23.7 Å². The Hall–Kier alpha value is -4.07. The number of nitrogens with zero attached hydrogens (tertiary/aromatic N) is 4. The minimum Gasteiger partial charge on any atom is -0.324 e. The second-order valence-electron chi connectivity index (χ2n) is 7.81. The minimum absolute atomic E-state index is 0.0375. The van der Waals surface area contributed by atoms with Crippen molar-refractivity contribution in [3.63, 3.8) is 0 Å². The van der Waals surface area contributed by atoms with Crippen molar-refractivity contribution in [2.45, 2.75) is 33.9 Å². The topological polar surface area (TPSA) is 98.9 Å². The molecule has 0 aliphatic heterocycles. The summed E-state index contributed by atoms with van der Waals surface area (Å²) in [5, 5.41) is 2.91. The predicted molar refractivity (Wildman–Crippen MR) is 123 cm³/mol. The van der Waals surface area contributed by atoms with Crippen LogP contribution in [0, 0.1) is 20.8 Å². The number of hydrogen-bond acceptors (Lipinski definition) is 5. The van der Waals surface area contributed by atoms with Crippen LogP contribution in [0.4, 0.5) is 5.69 Å². The van der Waals surface area contributed by atoms with Crippen LogP contribution in [0.15, 0.2) is 64.6 Å². The molecule has 0 radical (unpaired) electrons. The Bertz CT molecular complexity index is 1410. The Labute approximate surface area is 184 Å². The lowest BCUT2D eigenvalue weighted by Crippen LogP contribution is -2.42. The molecule has 0 spiro atoms. The number of aromatic nitrogens is 4. The molecule has 1 aromatic carbocycles. The van der Waals surface area contributed by atoms with E-state index in [9.17, 15) is 14.4 Å². The van der Waals surface area contributed by atoms with Gasteiger partial charge < -0.3 is 5.32 Å². The number of aryl methyl sites for hydroxylation is 3. The molecule has 0 saturated heterocycles. The van der Waals surface area contributed by atoms with Gasteiger partial charge in [-0.1, -0.05) is 23.8 Å². The fourth-order valence-corrected chi connectivity index (χ4v) is 3.91. The number of rotatable bonds is 5. The summed E-state index contributed by atoms with van der Waals surface area (Å²) in [6.07, 6.45) is 4.70. The zero-order valence-corrected chi connectivity index (χ0v) is 18.1. The van der Waals surface area contributed by atoms with E-state index < -0.39 is 11.2 Å². The van der Waals surface area contributed by atoms with Gasteiger partial charge >= 0.3 is 5.69 Å². The minimum atomic E-state index is -0.577. The lowest BCUT2D eigenvalue weighted by Gasteiger charge is -2.16. The second-order valence-corrected chi connectivity index (χ2v) is 7.81. The third-order valence-electron chi connectivity index (χ3n) is 5.29. The summed E-state index contributed by atoms with van der Waals surface area (Å²) in [5.41, 5.74) is 3.78. The van der Waals surface area contributed by atoms with Crippen molar-refractivity contribution in [1.29, 1.82) is 0 Å². The van der Waals surface area contributed by atoms with Crippen molar-refractivity contribution < 1.29 is 4.79 Å². The maximum Gasteiger partial charge on any atom is 0.332 e. The third kappa shape index (κ3) is 4.07. The summed E-state index contributed by atoms with van der Waals surface area (Å²) in [4.78, 5) is 47.4. The predicted octanol–water partition coefficient (Wildman–Crippen LogP) is 2.57. The van der Waals surface area contributed by atoms with Crippen LogP contribution < -0.4 is 16.6 Å². The number of anilines is 1. The molecule has 8 nitrogen and oxygen atoms in total. The molecular formula is C24H23N5O3. The molecular weight excluding hydrogens is 406 g/mol. The van der Waals surface area contributed by atoms with Crippen LogP contribution in [0.3, 0.4) is 0 Å². The van der Waals surface area contributed by atoms with Gasteiger partial charge in [-0.15, -0.1) is 0 Å². The third-order valence-corrected chi connectivity index (χ3v) is 5.29. The molecule has 0 aliphatic carbocycles. The Kier molecular flexibility index (Phi) is 5.68. The monoisotopic (exact) mass is 429 g/mol. The summed E-state index contributed by atoms with van der Waals surface area (Å²) in [6.45, 7) is 5.64. The van der Waals surface area contributed by atoms with E-state index in [-0.39, 0.29) is 24.5 Å². The average molecular weight is 429 g/mol. The number of carbonyl (C=O) groups excluding carboxylic acids is 1. The number of carbonyl (C=O) groups is 1. The molecule has 8 heteroatoms. The van der Waals surface area contributed by atoms with Gasteiger partial charge in [0.15, 0.2) is 5.52 Å². The normalized spacial score (nSPS) is 11.0. The summed E-state index contributed by atoms with van der Waals surface area (Å²) < 4.78 is 2.37. The second kappa shape index (κ2) is 8.58. The van der Waals surface area contributed by atoms with Crippen molar-refractivity contribution in [2.24, 2.45) is 0 Å². The molecule has 162 valence electrons. The fraction of sp³-hybridized carbons (Fsp3) is 0.208. The SMILES string of the molecule is Cc1cc(C)c(NC(=O)Cn2c(=O)n(Cc3cccnc3)c(=O)c3ncccc32)c(C)c1. The van der Waals surface area contributed by atoms with E-state index in [0.717, 1.165) is 26.9 Å². The average Bonchev–Trinajstić information content (AvgIpc) is 2.77. The van der Waals surface area contributed by atoms with Crippen LogP contribution in [-0.4, -0.2) is 25.0 Å². The molecule has 0 bridgehead atoms. The van der Waals surface area contributed by atoms with E-state index in [4.69, 9.17) is 0 Å². The van der Waals surface area contributed by atoms with E-state index in [1.54, 1.807) is 36.7 Å². The molecule has 1 N–H and O–H groups in total. The van der Waals surface area contributed by atoms with E-state index >= 15 is 0 Å². The highest BCUT2D eigenvalue weighted by Gasteiger charge is 2.17. The summed E-state index contributed by atoms with van der Waals surface area (Å²) in [7, 11) is 0. The first-order valence-corrected chi connectivity index (χ1v) is 10.2. The highest BCUT2D eigenvalue weighted by molar-refractivity contribution is 5.93. The van der Waals surface area contributed by atoms with E-state index in [1.807, 2.05) is 32.9 Å². The maximum atomic E-state index is 13.3. The summed E-state index contributed by atoms with van der Waals surface area (Å²) in [6, 6.07) is 10.7. The lowest BCUT2D eigenvalue weighted by molar-refractivity contribution is -0.116. The maximum absolute atomic E-state index is 13.3. The van der Waals surface area contributed by atoms with Crippen LogP contribution in [0.1, 0.15) is 22.3 Å². The summed E-state index contributed by atoms with van der Waals surface area (Å²) >= 11 is 0. The first-order valence-electron chi connectivity index (χ1n) is 10.2. The molecule has 0 atom stereocenters. The van der Waals surface area contributed by atoms with Crippen molar-refractivity contribution in [3.8, 4) is 0 Å². The first kappa shape index (κ1) is 21.2. The van der Waals surface area contributed by atoms with Crippen LogP contribution >= 0.6 is 0 Å². The van der Waals surface area contributed by atoms with Crippen LogP contribution in [0.5, 0.6) is 0 Å². The van der Waals surface area contributed by atoms with Crippen LogP contribution in [0.2, 0.25) is 0 Å². The molecule has 0 unspecified atom stereocenters. The molecule has 0 aliphatic rings. The highest BCUT2D eigenvalue weighted by Crippen LogP contribution is 2.22. The molecule has 4 aromatic rings. The van der Waals surface area contributed by atoms with E-state index in [2.05, 4.69) is 15.3 Å². The van der Waals surface area contributed by atoms with Crippen LogP contribution in [0.25, 0.3) is 11.0 Å². The van der Waals surface area contributed by atoms with Gasteiger partial charge in [0.1, 0.15) is 6.54 Å². The van der Waals surface area contributed by atoms with E-state index in [0.29, 0.717) is 11.1 Å². The lowest BCUT2D eigenvalue weighted by atomic mass is 10.1. The molecule has 4 rings (SSSR count). The summed E-state index contributed by atoms with van der Waals surface area (Å²) in [5.74, 6) is -0.362. The molecule has 32 heavy (non-hydrogen) atoms. The number of amides is 1. The van der Waals surface area contributed by atoms with E-state index in [1.165, 1.54) is 10.8 Å². The molecule has 3 aromatic heterocycles. The zero-order valence-electron chi connectivity index (χ0n) is 18.1. The molecule has 3 heterocycles. The van der Waals surface area contributed by atoms with Crippen molar-refractivity contribution in [1.82, 2.24) is 19.1 Å². The number of hydrogen-bond donors (Lipinski definition) is 1. The number of fused-ring (bicyclic) bond motifs is 1. The van der Waals surface area contributed by atoms with Gasteiger partial charge in [-0.25, -0.2) is 9.78 Å². The Morgan fingerprint density at radius 3 is 2.41 bits per heavy atom.